The predicted octanol–water partition coefficient (Wildman–Crippen LogP) is 2.43. The monoisotopic (exact) mass is 341 g/mol. The molecule has 1 aliphatic rings. The van der Waals surface area contributed by atoms with Crippen LogP contribution in [0.25, 0.3) is 0 Å². The number of halogens is 1. The zero-order valence-corrected chi connectivity index (χ0v) is 14.5. The van der Waals surface area contributed by atoms with Crippen molar-refractivity contribution in [3.05, 3.63) is 71.5 Å². The zero-order valence-electron chi connectivity index (χ0n) is 14.5. The second kappa shape index (κ2) is 8.23. The smallest absolute Gasteiger partial charge is 0.236 e. The highest BCUT2D eigenvalue weighted by Gasteiger charge is 2.26. The third-order valence-electron chi connectivity index (χ3n) is 4.61. The number of carbonyl (C=O) groups is 1. The summed E-state index contributed by atoms with van der Waals surface area (Å²) in [6.07, 6.45) is 0. The van der Waals surface area contributed by atoms with Crippen molar-refractivity contribution in [2.75, 3.05) is 33.2 Å². The molecule has 2 aromatic rings. The predicted molar refractivity (Wildman–Crippen MR) is 96.5 cm³/mol. The second-order valence-corrected chi connectivity index (χ2v) is 6.48. The third-order valence-corrected chi connectivity index (χ3v) is 4.61. The van der Waals surface area contributed by atoms with E-state index in [-0.39, 0.29) is 17.8 Å². The molecule has 0 aliphatic carbocycles. The lowest BCUT2D eigenvalue weighted by Crippen LogP contribution is -2.49. The first kappa shape index (κ1) is 17.6. The largest absolute Gasteiger partial charge is 0.340 e. The summed E-state index contributed by atoms with van der Waals surface area (Å²) in [6.45, 7) is 3.26. The van der Waals surface area contributed by atoms with Crippen LogP contribution in [0.2, 0.25) is 0 Å². The van der Waals surface area contributed by atoms with E-state index in [1.165, 1.54) is 6.07 Å². The van der Waals surface area contributed by atoms with E-state index in [9.17, 15) is 9.18 Å². The molecule has 1 atom stereocenters. The van der Waals surface area contributed by atoms with Gasteiger partial charge in [0.2, 0.25) is 5.91 Å². The van der Waals surface area contributed by atoms with Gasteiger partial charge >= 0.3 is 0 Å². The van der Waals surface area contributed by atoms with Crippen LogP contribution < -0.4 is 5.32 Å². The molecule has 1 unspecified atom stereocenters. The molecule has 5 heteroatoms. The molecule has 0 bridgehead atoms. The molecular formula is C20H24FN3O. The SMILES string of the molecule is CN(Cc1ccccc1)C(=O)CN1CCNCC1c1cccc(F)c1. The fourth-order valence-corrected chi connectivity index (χ4v) is 3.22. The number of likely N-dealkylation sites (N-methyl/N-ethyl adjacent to an activating group) is 1. The van der Waals surface area contributed by atoms with Crippen molar-refractivity contribution < 1.29 is 9.18 Å². The minimum Gasteiger partial charge on any atom is -0.340 e. The highest BCUT2D eigenvalue weighted by atomic mass is 19.1. The Balaban J connectivity index is 1.65. The van der Waals surface area contributed by atoms with Crippen LogP contribution in [0, 0.1) is 5.82 Å². The maximum absolute atomic E-state index is 13.6. The van der Waals surface area contributed by atoms with Crippen LogP contribution in [0.3, 0.4) is 0 Å². The first-order chi connectivity index (χ1) is 12.1. The Morgan fingerprint density at radius 3 is 2.80 bits per heavy atom. The summed E-state index contributed by atoms with van der Waals surface area (Å²) in [7, 11) is 1.83. The minimum absolute atomic E-state index is 0.0125. The molecule has 0 spiro atoms. The lowest BCUT2D eigenvalue weighted by Gasteiger charge is -2.36. The lowest BCUT2D eigenvalue weighted by molar-refractivity contribution is -0.132. The Morgan fingerprint density at radius 2 is 2.04 bits per heavy atom. The number of amides is 1. The maximum Gasteiger partial charge on any atom is 0.236 e. The fourth-order valence-electron chi connectivity index (χ4n) is 3.22. The maximum atomic E-state index is 13.6. The first-order valence-corrected chi connectivity index (χ1v) is 8.61. The highest BCUT2D eigenvalue weighted by molar-refractivity contribution is 5.78. The molecule has 3 rings (SSSR count). The van der Waals surface area contributed by atoms with Gasteiger partial charge in [0, 0.05) is 39.3 Å². The molecule has 1 amide bonds. The van der Waals surface area contributed by atoms with Crippen LogP contribution in [-0.4, -0.2) is 48.9 Å². The van der Waals surface area contributed by atoms with Crippen LogP contribution in [-0.2, 0) is 11.3 Å². The number of hydrogen-bond acceptors (Lipinski definition) is 3. The topological polar surface area (TPSA) is 35.6 Å². The van der Waals surface area contributed by atoms with Crippen molar-refractivity contribution in [1.82, 2.24) is 15.1 Å². The number of rotatable bonds is 5. The van der Waals surface area contributed by atoms with Gasteiger partial charge in [-0.3, -0.25) is 9.69 Å². The van der Waals surface area contributed by atoms with Gasteiger partial charge in [0.25, 0.3) is 0 Å². The summed E-state index contributed by atoms with van der Waals surface area (Å²) in [5.41, 5.74) is 2.02. The van der Waals surface area contributed by atoms with E-state index < -0.39 is 0 Å². The van der Waals surface area contributed by atoms with Crippen LogP contribution in [0.1, 0.15) is 17.2 Å². The van der Waals surface area contributed by atoms with Crippen LogP contribution >= 0.6 is 0 Å². The molecule has 0 aromatic heterocycles. The summed E-state index contributed by atoms with van der Waals surface area (Å²) in [5, 5.41) is 3.34. The van der Waals surface area contributed by atoms with Gasteiger partial charge < -0.3 is 10.2 Å². The number of nitrogens with one attached hydrogen (secondary N) is 1. The molecule has 2 aromatic carbocycles. The quantitative estimate of drug-likeness (QED) is 0.907. The van der Waals surface area contributed by atoms with Gasteiger partial charge in [0.15, 0.2) is 0 Å². The van der Waals surface area contributed by atoms with E-state index in [2.05, 4.69) is 10.2 Å². The van der Waals surface area contributed by atoms with Gasteiger partial charge in [-0.2, -0.15) is 0 Å². The molecule has 25 heavy (non-hydrogen) atoms. The molecule has 1 aliphatic heterocycles. The standard InChI is InChI=1S/C20H24FN3O/c1-23(14-16-6-3-2-4-7-16)20(25)15-24-11-10-22-13-19(24)17-8-5-9-18(21)12-17/h2-9,12,19,22H,10-11,13-15H2,1H3. The Morgan fingerprint density at radius 1 is 1.24 bits per heavy atom. The molecule has 1 heterocycles. The number of benzene rings is 2. The van der Waals surface area contributed by atoms with Gasteiger partial charge in [0.05, 0.1) is 6.54 Å². The van der Waals surface area contributed by atoms with Gasteiger partial charge in [0.1, 0.15) is 5.82 Å². The summed E-state index contributed by atoms with van der Waals surface area (Å²) >= 11 is 0. The van der Waals surface area contributed by atoms with Crippen LogP contribution in [0.15, 0.2) is 54.6 Å². The molecule has 0 saturated carbocycles. The molecular weight excluding hydrogens is 317 g/mol. The van der Waals surface area contributed by atoms with Crippen molar-refractivity contribution in [1.29, 1.82) is 0 Å². The Labute approximate surface area is 148 Å². The van der Waals surface area contributed by atoms with Crippen LogP contribution in [0.5, 0.6) is 0 Å². The second-order valence-electron chi connectivity index (χ2n) is 6.48. The van der Waals surface area contributed by atoms with Gasteiger partial charge in [-0.05, 0) is 23.3 Å². The van der Waals surface area contributed by atoms with Gasteiger partial charge in [-0.15, -0.1) is 0 Å². The number of nitrogens with zero attached hydrogens (tertiary/aromatic N) is 2. The van der Waals surface area contributed by atoms with E-state index in [1.807, 2.05) is 43.4 Å². The molecule has 1 fully saturated rings. The molecule has 132 valence electrons. The van der Waals surface area contributed by atoms with E-state index in [4.69, 9.17) is 0 Å². The van der Waals surface area contributed by atoms with Gasteiger partial charge in [-0.1, -0.05) is 42.5 Å². The normalized spacial score (nSPS) is 18.1. The van der Waals surface area contributed by atoms with Crippen molar-refractivity contribution in [2.24, 2.45) is 0 Å². The zero-order chi connectivity index (χ0) is 17.6. The minimum atomic E-state index is -0.240. The summed E-state index contributed by atoms with van der Waals surface area (Å²) in [5.74, 6) is -0.164. The van der Waals surface area contributed by atoms with Crippen molar-refractivity contribution in [3.8, 4) is 0 Å². The lowest BCUT2D eigenvalue weighted by atomic mass is 10.0. The average Bonchev–Trinajstić information content (AvgIpc) is 2.63. The molecule has 1 saturated heterocycles. The average molecular weight is 341 g/mol. The number of hydrogen-bond donors (Lipinski definition) is 1. The number of carbonyl (C=O) groups excluding carboxylic acids is 1. The Hall–Kier alpha value is -2.24. The van der Waals surface area contributed by atoms with E-state index in [0.29, 0.717) is 13.1 Å². The van der Waals surface area contributed by atoms with Crippen LogP contribution in [0.4, 0.5) is 4.39 Å². The van der Waals surface area contributed by atoms with E-state index in [1.54, 1.807) is 17.0 Å². The molecule has 4 nitrogen and oxygen atoms in total. The van der Waals surface area contributed by atoms with E-state index in [0.717, 1.165) is 30.8 Å². The van der Waals surface area contributed by atoms with Gasteiger partial charge in [-0.25, -0.2) is 4.39 Å². The van der Waals surface area contributed by atoms with Crippen molar-refractivity contribution in [3.63, 3.8) is 0 Å². The Kier molecular flexibility index (Phi) is 5.79. The van der Waals surface area contributed by atoms with Crippen molar-refractivity contribution in [2.45, 2.75) is 12.6 Å². The first-order valence-electron chi connectivity index (χ1n) is 8.61. The summed E-state index contributed by atoms with van der Waals surface area (Å²) in [6, 6.07) is 16.6. The molecule has 0 radical (unpaired) electrons. The summed E-state index contributed by atoms with van der Waals surface area (Å²) < 4.78 is 13.6. The fraction of sp³-hybridized carbons (Fsp3) is 0.350. The van der Waals surface area contributed by atoms with E-state index >= 15 is 0 Å². The summed E-state index contributed by atoms with van der Waals surface area (Å²) in [4.78, 5) is 16.5. The third kappa shape index (κ3) is 4.65. The van der Waals surface area contributed by atoms with Crippen molar-refractivity contribution >= 4 is 5.91 Å². The Bertz CT molecular complexity index is 707. The highest BCUT2D eigenvalue weighted by Crippen LogP contribution is 2.22. The number of piperazine rings is 1. The molecule has 1 N–H and O–H groups in total.